The summed E-state index contributed by atoms with van der Waals surface area (Å²) in [5, 5.41) is 7.06. The maximum absolute atomic E-state index is 3.61. The zero-order valence-electron chi connectivity index (χ0n) is 6.45. The summed E-state index contributed by atoms with van der Waals surface area (Å²) in [5.41, 5.74) is 0.512. The van der Waals surface area contributed by atoms with Gasteiger partial charge in [0.05, 0.1) is 0 Å². The van der Waals surface area contributed by atoms with Gasteiger partial charge in [-0.1, -0.05) is 0 Å². The fourth-order valence-electron chi connectivity index (χ4n) is 2.20. The fourth-order valence-corrected chi connectivity index (χ4v) is 2.20. The van der Waals surface area contributed by atoms with Crippen molar-refractivity contribution in [2.45, 2.75) is 31.2 Å². The molecule has 2 saturated heterocycles. The topological polar surface area (TPSA) is 24.1 Å². The van der Waals surface area contributed by atoms with Crippen molar-refractivity contribution in [1.29, 1.82) is 0 Å². The van der Waals surface area contributed by atoms with E-state index >= 15 is 0 Å². The molecule has 2 N–H and O–H groups in total. The molecule has 0 bridgehead atoms. The Morgan fingerprint density at radius 2 is 1.80 bits per heavy atom. The van der Waals surface area contributed by atoms with E-state index in [0.29, 0.717) is 5.54 Å². The van der Waals surface area contributed by atoms with E-state index in [9.17, 15) is 0 Å². The van der Waals surface area contributed by atoms with Crippen molar-refractivity contribution >= 4 is 0 Å². The highest BCUT2D eigenvalue weighted by Crippen LogP contribution is 2.25. The van der Waals surface area contributed by atoms with Crippen molar-refractivity contribution in [2.75, 3.05) is 19.6 Å². The fraction of sp³-hybridized carbons (Fsp3) is 1.00. The van der Waals surface area contributed by atoms with Gasteiger partial charge in [0.25, 0.3) is 0 Å². The standard InChI is InChI=1S/C8H16N2/c1-3-8(7-9-5-1)4-2-6-10-8/h9-10H,1-7H2/t8-/m0/s1. The van der Waals surface area contributed by atoms with Gasteiger partial charge < -0.3 is 10.6 Å². The molecule has 0 unspecified atom stereocenters. The van der Waals surface area contributed by atoms with Crippen LogP contribution in [0.2, 0.25) is 0 Å². The molecule has 2 heterocycles. The van der Waals surface area contributed by atoms with Gasteiger partial charge in [-0.25, -0.2) is 0 Å². The highest BCUT2D eigenvalue weighted by molar-refractivity contribution is 4.96. The SMILES string of the molecule is C1CNC[C@]2(C1)CCCN2. The van der Waals surface area contributed by atoms with Crippen molar-refractivity contribution in [3.8, 4) is 0 Å². The number of nitrogens with one attached hydrogen (secondary N) is 2. The molecule has 2 aliphatic rings. The van der Waals surface area contributed by atoms with E-state index in [0.717, 1.165) is 0 Å². The third-order valence-electron chi connectivity index (χ3n) is 2.80. The van der Waals surface area contributed by atoms with Gasteiger partial charge in [0.2, 0.25) is 0 Å². The summed E-state index contributed by atoms with van der Waals surface area (Å²) in [6.07, 6.45) is 5.51. The summed E-state index contributed by atoms with van der Waals surface area (Å²) in [4.78, 5) is 0. The Kier molecular flexibility index (Phi) is 1.66. The van der Waals surface area contributed by atoms with Crippen molar-refractivity contribution in [3.05, 3.63) is 0 Å². The Hall–Kier alpha value is -0.0800. The van der Waals surface area contributed by atoms with Gasteiger partial charge in [0, 0.05) is 12.1 Å². The van der Waals surface area contributed by atoms with Gasteiger partial charge >= 0.3 is 0 Å². The number of piperidine rings is 1. The minimum Gasteiger partial charge on any atom is -0.315 e. The van der Waals surface area contributed by atoms with Crippen molar-refractivity contribution in [2.24, 2.45) is 0 Å². The monoisotopic (exact) mass is 140 g/mol. The van der Waals surface area contributed by atoms with E-state index in [2.05, 4.69) is 10.6 Å². The van der Waals surface area contributed by atoms with Gasteiger partial charge in [0.1, 0.15) is 0 Å². The van der Waals surface area contributed by atoms with Crippen LogP contribution in [0.3, 0.4) is 0 Å². The summed E-state index contributed by atoms with van der Waals surface area (Å²) in [6.45, 7) is 3.66. The summed E-state index contributed by atoms with van der Waals surface area (Å²) in [6, 6.07) is 0. The zero-order chi connectivity index (χ0) is 6.86. The van der Waals surface area contributed by atoms with Gasteiger partial charge in [-0.3, -0.25) is 0 Å². The average molecular weight is 140 g/mol. The molecule has 0 saturated carbocycles. The number of rotatable bonds is 0. The Balaban J connectivity index is 1.98. The second-order valence-corrected chi connectivity index (χ2v) is 3.59. The summed E-state index contributed by atoms with van der Waals surface area (Å²) in [7, 11) is 0. The first-order valence-electron chi connectivity index (χ1n) is 4.37. The molecule has 2 rings (SSSR count). The first-order chi connectivity index (χ1) is 4.91. The predicted molar refractivity (Wildman–Crippen MR) is 42.1 cm³/mol. The smallest absolute Gasteiger partial charge is 0.0307 e. The lowest BCUT2D eigenvalue weighted by Gasteiger charge is -2.34. The van der Waals surface area contributed by atoms with Crippen LogP contribution in [0, 0.1) is 0 Å². The lowest BCUT2D eigenvalue weighted by Crippen LogP contribution is -2.52. The molecule has 0 aliphatic carbocycles. The molecule has 10 heavy (non-hydrogen) atoms. The zero-order valence-corrected chi connectivity index (χ0v) is 6.45. The Morgan fingerprint density at radius 1 is 1.00 bits per heavy atom. The molecule has 2 aliphatic heterocycles. The van der Waals surface area contributed by atoms with Gasteiger partial charge in [-0.05, 0) is 38.8 Å². The van der Waals surface area contributed by atoms with Crippen molar-refractivity contribution in [1.82, 2.24) is 10.6 Å². The molecule has 0 radical (unpaired) electrons. The van der Waals surface area contributed by atoms with Crippen LogP contribution in [0.4, 0.5) is 0 Å². The van der Waals surface area contributed by atoms with Crippen LogP contribution in [0.25, 0.3) is 0 Å². The molecular formula is C8H16N2. The Bertz CT molecular complexity index is 108. The minimum absolute atomic E-state index is 0.512. The van der Waals surface area contributed by atoms with E-state index < -0.39 is 0 Å². The van der Waals surface area contributed by atoms with Gasteiger partial charge in [0.15, 0.2) is 0 Å². The molecule has 1 atom stereocenters. The molecule has 0 aromatic heterocycles. The maximum Gasteiger partial charge on any atom is 0.0307 e. The molecule has 2 fully saturated rings. The molecule has 2 heteroatoms. The second-order valence-electron chi connectivity index (χ2n) is 3.59. The van der Waals surface area contributed by atoms with E-state index in [4.69, 9.17) is 0 Å². The molecular weight excluding hydrogens is 124 g/mol. The summed E-state index contributed by atoms with van der Waals surface area (Å²) in [5.74, 6) is 0. The Labute approximate surface area is 62.4 Å². The highest BCUT2D eigenvalue weighted by Gasteiger charge is 2.33. The third-order valence-corrected chi connectivity index (χ3v) is 2.80. The highest BCUT2D eigenvalue weighted by atomic mass is 15.1. The van der Waals surface area contributed by atoms with Crippen LogP contribution < -0.4 is 10.6 Å². The Morgan fingerprint density at radius 3 is 2.40 bits per heavy atom. The molecule has 0 amide bonds. The van der Waals surface area contributed by atoms with Gasteiger partial charge in [-0.15, -0.1) is 0 Å². The largest absolute Gasteiger partial charge is 0.315 e. The molecule has 58 valence electrons. The maximum atomic E-state index is 3.61. The van der Waals surface area contributed by atoms with Crippen LogP contribution in [-0.2, 0) is 0 Å². The number of hydrogen-bond donors (Lipinski definition) is 2. The van der Waals surface area contributed by atoms with Crippen LogP contribution in [0.5, 0.6) is 0 Å². The second kappa shape index (κ2) is 2.51. The molecule has 0 aromatic carbocycles. The predicted octanol–water partition coefficient (Wildman–Crippen LogP) is 0.492. The minimum atomic E-state index is 0.512. The number of hydrogen-bond acceptors (Lipinski definition) is 2. The van der Waals surface area contributed by atoms with E-state index in [-0.39, 0.29) is 0 Å². The molecule has 1 spiro atoms. The summed E-state index contributed by atoms with van der Waals surface area (Å²) >= 11 is 0. The van der Waals surface area contributed by atoms with Crippen LogP contribution >= 0.6 is 0 Å². The van der Waals surface area contributed by atoms with Crippen molar-refractivity contribution < 1.29 is 0 Å². The summed E-state index contributed by atoms with van der Waals surface area (Å²) < 4.78 is 0. The first-order valence-corrected chi connectivity index (χ1v) is 4.37. The first kappa shape index (κ1) is 6.62. The average Bonchev–Trinajstić information content (AvgIpc) is 2.39. The van der Waals surface area contributed by atoms with Gasteiger partial charge in [-0.2, -0.15) is 0 Å². The van der Waals surface area contributed by atoms with Crippen LogP contribution in [0.15, 0.2) is 0 Å². The van der Waals surface area contributed by atoms with Crippen LogP contribution in [0.1, 0.15) is 25.7 Å². The lowest BCUT2D eigenvalue weighted by molar-refractivity contribution is 0.282. The molecule has 2 nitrogen and oxygen atoms in total. The van der Waals surface area contributed by atoms with E-state index in [1.54, 1.807) is 0 Å². The molecule has 0 aromatic rings. The third kappa shape index (κ3) is 1.06. The van der Waals surface area contributed by atoms with Crippen molar-refractivity contribution in [3.63, 3.8) is 0 Å². The van der Waals surface area contributed by atoms with E-state index in [1.807, 2.05) is 0 Å². The normalized spacial score (nSPS) is 40.8. The van der Waals surface area contributed by atoms with E-state index in [1.165, 1.54) is 45.3 Å². The quantitative estimate of drug-likeness (QED) is 0.512. The van der Waals surface area contributed by atoms with Crippen LogP contribution in [-0.4, -0.2) is 25.2 Å². The lowest BCUT2D eigenvalue weighted by atomic mass is 9.89.